The molecule has 0 spiro atoms. The van der Waals surface area contributed by atoms with Crippen molar-refractivity contribution in [3.8, 4) is 0 Å². The van der Waals surface area contributed by atoms with E-state index < -0.39 is 19.1 Å². The van der Waals surface area contributed by atoms with E-state index in [0.717, 1.165) is 6.42 Å². The zero-order chi connectivity index (χ0) is 14.0. The van der Waals surface area contributed by atoms with Crippen molar-refractivity contribution in [2.24, 2.45) is 16.7 Å². The van der Waals surface area contributed by atoms with Crippen LogP contribution in [-0.2, 0) is 35.3 Å². The maximum atomic E-state index is 11.3. The molecule has 100 valence electrons. The molecular weight excluding hydrogens is 268 g/mol. The van der Waals surface area contributed by atoms with Crippen molar-refractivity contribution >= 4 is 5.97 Å². The van der Waals surface area contributed by atoms with Gasteiger partial charge in [-0.3, -0.25) is 0 Å². The SMILES string of the molecule is C=CC(=O)OC1C[C@H]2CC[C@@]1(C)C2(C)C.[O]=[Ti]=[O]. The Bertz CT molecular complexity index is 384. The van der Waals surface area contributed by atoms with Gasteiger partial charge in [0, 0.05) is 11.5 Å². The predicted octanol–water partition coefficient (Wildman–Crippen LogP) is 2.69. The summed E-state index contributed by atoms with van der Waals surface area (Å²) in [6.07, 6.45) is 4.85. The third kappa shape index (κ3) is 2.45. The molecule has 0 saturated heterocycles. The van der Waals surface area contributed by atoms with E-state index in [-0.39, 0.29) is 17.5 Å². The van der Waals surface area contributed by atoms with Crippen molar-refractivity contribution < 1.29 is 35.3 Å². The van der Waals surface area contributed by atoms with Crippen LogP contribution in [0.5, 0.6) is 0 Å². The summed E-state index contributed by atoms with van der Waals surface area (Å²) in [4.78, 5) is 11.3. The van der Waals surface area contributed by atoms with Crippen LogP contribution in [0.2, 0.25) is 0 Å². The number of carbonyl (C=O) groups is 1. The fraction of sp³-hybridized carbons (Fsp3) is 0.769. The standard InChI is InChI=1S/C13H20O2.2O.Ti/c1-5-11(14)15-10-8-9-6-7-13(10,4)12(9,2)3;;;/h5,9-10H,1,6-8H2,2-4H3;;;/t9-,10?,13-;;;/m1.../s1. The van der Waals surface area contributed by atoms with Gasteiger partial charge in [0.25, 0.3) is 0 Å². The molecular formula is C13H20O4Ti. The van der Waals surface area contributed by atoms with Gasteiger partial charge in [-0.05, 0) is 30.6 Å². The fourth-order valence-electron chi connectivity index (χ4n) is 3.50. The molecule has 2 aliphatic rings. The summed E-state index contributed by atoms with van der Waals surface area (Å²) in [6, 6.07) is 0. The Morgan fingerprint density at radius 3 is 2.28 bits per heavy atom. The van der Waals surface area contributed by atoms with Crippen LogP contribution < -0.4 is 0 Å². The van der Waals surface area contributed by atoms with Crippen LogP contribution in [0.1, 0.15) is 40.0 Å². The fourth-order valence-corrected chi connectivity index (χ4v) is 3.50. The Hall–Kier alpha value is -0.476. The third-order valence-corrected chi connectivity index (χ3v) is 5.14. The van der Waals surface area contributed by atoms with Gasteiger partial charge in [0.1, 0.15) is 6.10 Å². The van der Waals surface area contributed by atoms with E-state index in [9.17, 15) is 4.79 Å². The van der Waals surface area contributed by atoms with Crippen LogP contribution >= 0.6 is 0 Å². The van der Waals surface area contributed by atoms with Crippen LogP contribution in [0.15, 0.2) is 12.7 Å². The minimum atomic E-state index is -2.00. The van der Waals surface area contributed by atoms with Gasteiger partial charge in [0.2, 0.25) is 0 Å². The molecule has 0 heterocycles. The topological polar surface area (TPSA) is 60.4 Å². The van der Waals surface area contributed by atoms with E-state index in [0.29, 0.717) is 11.3 Å². The summed E-state index contributed by atoms with van der Waals surface area (Å²) in [5, 5.41) is 0. The third-order valence-electron chi connectivity index (χ3n) is 5.14. The summed E-state index contributed by atoms with van der Waals surface area (Å²) < 4.78 is 22.5. The number of ether oxygens (including phenoxy) is 1. The molecule has 2 fully saturated rings. The van der Waals surface area contributed by atoms with Gasteiger partial charge in [-0.15, -0.1) is 0 Å². The number of hydrogen-bond acceptors (Lipinski definition) is 4. The molecule has 0 aromatic carbocycles. The van der Waals surface area contributed by atoms with Gasteiger partial charge in [0.05, 0.1) is 0 Å². The monoisotopic (exact) mass is 288 g/mol. The molecule has 18 heavy (non-hydrogen) atoms. The Morgan fingerprint density at radius 1 is 1.39 bits per heavy atom. The maximum absolute atomic E-state index is 11.3. The first-order chi connectivity index (χ1) is 8.33. The molecule has 2 rings (SSSR count). The molecule has 4 nitrogen and oxygen atoms in total. The molecule has 2 aliphatic carbocycles. The van der Waals surface area contributed by atoms with Crippen LogP contribution in [-0.4, -0.2) is 12.1 Å². The molecule has 3 atom stereocenters. The first-order valence-electron chi connectivity index (χ1n) is 6.15. The van der Waals surface area contributed by atoms with Crippen LogP contribution in [0.3, 0.4) is 0 Å². The van der Waals surface area contributed by atoms with Crippen molar-refractivity contribution in [2.45, 2.75) is 46.1 Å². The number of esters is 1. The van der Waals surface area contributed by atoms with Crippen molar-refractivity contribution in [1.29, 1.82) is 0 Å². The second-order valence-electron chi connectivity index (χ2n) is 5.82. The van der Waals surface area contributed by atoms with E-state index in [1.165, 1.54) is 18.9 Å². The second kappa shape index (κ2) is 5.66. The molecule has 0 N–H and O–H groups in total. The molecule has 0 amide bonds. The summed E-state index contributed by atoms with van der Waals surface area (Å²) in [5.41, 5.74) is 0.468. The Labute approximate surface area is 117 Å². The van der Waals surface area contributed by atoms with Crippen LogP contribution in [0.4, 0.5) is 0 Å². The average Bonchev–Trinajstić information content (AvgIpc) is 2.63. The molecule has 5 heteroatoms. The Morgan fingerprint density at radius 2 is 1.94 bits per heavy atom. The van der Waals surface area contributed by atoms with Gasteiger partial charge in [0.15, 0.2) is 0 Å². The predicted molar refractivity (Wildman–Crippen MR) is 60.7 cm³/mol. The Kier molecular flexibility index (Phi) is 4.90. The normalized spacial score (nSPS) is 35.1. The van der Waals surface area contributed by atoms with E-state index in [4.69, 9.17) is 11.4 Å². The molecule has 0 aromatic rings. The van der Waals surface area contributed by atoms with Gasteiger partial charge >= 0.3 is 31.7 Å². The van der Waals surface area contributed by atoms with Gasteiger partial charge in [-0.1, -0.05) is 27.4 Å². The van der Waals surface area contributed by atoms with Crippen molar-refractivity contribution in [2.75, 3.05) is 0 Å². The number of hydrogen-bond donors (Lipinski definition) is 0. The number of carbonyl (C=O) groups excluding carboxylic acids is 1. The zero-order valence-corrected chi connectivity index (χ0v) is 12.8. The summed E-state index contributed by atoms with van der Waals surface area (Å²) >= 11 is -2.00. The summed E-state index contributed by atoms with van der Waals surface area (Å²) in [7, 11) is 0. The first kappa shape index (κ1) is 15.6. The minimum absolute atomic E-state index is 0.0942. The molecule has 2 bridgehead atoms. The van der Waals surface area contributed by atoms with Crippen molar-refractivity contribution in [1.82, 2.24) is 0 Å². The molecule has 1 unspecified atom stereocenters. The number of fused-ring (bicyclic) bond motifs is 2. The average molecular weight is 288 g/mol. The van der Waals surface area contributed by atoms with Crippen LogP contribution in [0.25, 0.3) is 0 Å². The first-order valence-corrected chi connectivity index (χ1v) is 7.43. The van der Waals surface area contributed by atoms with E-state index in [2.05, 4.69) is 27.4 Å². The van der Waals surface area contributed by atoms with Gasteiger partial charge < -0.3 is 4.74 Å². The summed E-state index contributed by atoms with van der Waals surface area (Å²) in [5.74, 6) is 0.440. The quantitative estimate of drug-likeness (QED) is 0.445. The van der Waals surface area contributed by atoms with E-state index in [1.807, 2.05) is 0 Å². The van der Waals surface area contributed by atoms with Crippen molar-refractivity contribution in [3.63, 3.8) is 0 Å². The Balaban J connectivity index is 0.000000492. The molecule has 0 radical (unpaired) electrons. The molecule has 2 saturated carbocycles. The van der Waals surface area contributed by atoms with Gasteiger partial charge in [-0.2, -0.15) is 0 Å². The number of rotatable bonds is 2. The molecule has 0 aliphatic heterocycles. The van der Waals surface area contributed by atoms with Gasteiger partial charge in [-0.25, -0.2) is 4.79 Å². The van der Waals surface area contributed by atoms with Crippen molar-refractivity contribution in [3.05, 3.63) is 12.7 Å². The molecule has 0 aromatic heterocycles. The van der Waals surface area contributed by atoms with E-state index >= 15 is 0 Å². The zero-order valence-electron chi connectivity index (χ0n) is 11.2. The van der Waals surface area contributed by atoms with E-state index in [1.54, 1.807) is 0 Å². The van der Waals surface area contributed by atoms with Crippen LogP contribution in [0, 0.1) is 16.7 Å². The summed E-state index contributed by atoms with van der Waals surface area (Å²) in [6.45, 7) is 10.3. The second-order valence-corrected chi connectivity index (χ2v) is 6.08.